The van der Waals surface area contributed by atoms with Crippen LogP contribution in [0.4, 0.5) is 5.69 Å². The van der Waals surface area contributed by atoms with E-state index in [1.165, 1.54) is 35.7 Å². The highest BCUT2D eigenvalue weighted by atomic mass is 32.2. The normalized spacial score (nSPS) is 16.3. The summed E-state index contributed by atoms with van der Waals surface area (Å²) in [6.45, 7) is 1.39. The molecule has 1 fully saturated rings. The highest BCUT2D eigenvalue weighted by molar-refractivity contribution is 7.89. The summed E-state index contributed by atoms with van der Waals surface area (Å²) in [6.07, 6.45) is 0. The van der Waals surface area contributed by atoms with E-state index in [1.54, 1.807) is 19.1 Å². The topological polar surface area (TPSA) is 127 Å². The zero-order chi connectivity index (χ0) is 22.1. The molecule has 0 spiro atoms. The fraction of sp³-hybridized carbons (Fsp3) is 0.333. The van der Waals surface area contributed by atoms with Crippen LogP contribution in [0.3, 0.4) is 0 Å². The molecular formula is C18H21N3O7S2. The first-order chi connectivity index (χ1) is 14.1. The summed E-state index contributed by atoms with van der Waals surface area (Å²) in [5.41, 5.74) is 0.0637. The quantitative estimate of drug-likeness (QED) is 0.478. The molecule has 1 saturated heterocycles. The maximum absolute atomic E-state index is 13.0. The lowest BCUT2D eigenvalue weighted by Gasteiger charge is -2.33. The van der Waals surface area contributed by atoms with Crippen LogP contribution in [0.25, 0.3) is 0 Å². The van der Waals surface area contributed by atoms with E-state index in [-0.39, 0.29) is 41.7 Å². The molecule has 0 radical (unpaired) electrons. The maximum Gasteiger partial charge on any atom is 0.270 e. The van der Waals surface area contributed by atoms with Gasteiger partial charge in [-0.05, 0) is 36.8 Å². The van der Waals surface area contributed by atoms with Gasteiger partial charge < -0.3 is 4.74 Å². The predicted octanol–water partition coefficient (Wildman–Crippen LogP) is 1.61. The Bertz CT molecular complexity index is 1150. The van der Waals surface area contributed by atoms with Crippen LogP contribution < -0.4 is 4.74 Å². The van der Waals surface area contributed by atoms with Crippen LogP contribution in [-0.2, 0) is 20.0 Å². The fourth-order valence-electron chi connectivity index (χ4n) is 3.17. The second-order valence-corrected chi connectivity index (χ2v) is 10.5. The molecule has 2 aromatic carbocycles. The Kier molecular flexibility index (Phi) is 6.13. The number of piperazine rings is 1. The van der Waals surface area contributed by atoms with Crippen LogP contribution in [0.15, 0.2) is 52.3 Å². The summed E-state index contributed by atoms with van der Waals surface area (Å²) in [6, 6.07) is 9.61. The zero-order valence-corrected chi connectivity index (χ0v) is 18.0. The number of non-ortho nitro benzene ring substituents is 1. The average molecular weight is 456 g/mol. The van der Waals surface area contributed by atoms with E-state index in [1.807, 2.05) is 0 Å². The van der Waals surface area contributed by atoms with E-state index in [0.29, 0.717) is 11.3 Å². The molecule has 1 aliphatic rings. The maximum atomic E-state index is 13.0. The van der Waals surface area contributed by atoms with Crippen molar-refractivity contribution in [2.24, 2.45) is 0 Å². The molecular weight excluding hydrogens is 434 g/mol. The molecule has 162 valence electrons. The first-order valence-corrected chi connectivity index (χ1v) is 11.8. The van der Waals surface area contributed by atoms with Crippen LogP contribution in [-0.4, -0.2) is 63.7 Å². The van der Waals surface area contributed by atoms with Crippen LogP contribution in [0.1, 0.15) is 5.56 Å². The van der Waals surface area contributed by atoms with Gasteiger partial charge in [0, 0.05) is 38.3 Å². The van der Waals surface area contributed by atoms with Gasteiger partial charge in [0.1, 0.15) is 5.75 Å². The summed E-state index contributed by atoms with van der Waals surface area (Å²) >= 11 is 0. The molecule has 1 aliphatic heterocycles. The van der Waals surface area contributed by atoms with Crippen molar-refractivity contribution in [3.05, 3.63) is 58.1 Å². The number of hydrogen-bond donors (Lipinski definition) is 0. The molecule has 10 nitrogen and oxygen atoms in total. The molecule has 2 aromatic rings. The Balaban J connectivity index is 1.79. The number of sulfonamides is 2. The van der Waals surface area contributed by atoms with Crippen LogP contribution in [0.5, 0.6) is 5.75 Å². The molecule has 12 heteroatoms. The van der Waals surface area contributed by atoms with Gasteiger partial charge in [0.2, 0.25) is 20.0 Å². The summed E-state index contributed by atoms with van der Waals surface area (Å²) in [5, 5.41) is 11.0. The molecule has 0 unspecified atom stereocenters. The molecule has 0 amide bonds. The Hall–Kier alpha value is -2.54. The lowest BCUT2D eigenvalue weighted by Crippen LogP contribution is -2.50. The lowest BCUT2D eigenvalue weighted by atomic mass is 10.2. The molecule has 1 heterocycles. The van der Waals surface area contributed by atoms with Gasteiger partial charge >= 0.3 is 0 Å². The minimum Gasteiger partial charge on any atom is -0.497 e. The van der Waals surface area contributed by atoms with E-state index >= 15 is 0 Å². The monoisotopic (exact) mass is 455 g/mol. The van der Waals surface area contributed by atoms with Crippen LogP contribution in [0, 0.1) is 17.0 Å². The minimum absolute atomic E-state index is 0.0262. The van der Waals surface area contributed by atoms with Crippen molar-refractivity contribution in [3.63, 3.8) is 0 Å². The van der Waals surface area contributed by atoms with Gasteiger partial charge in [0.15, 0.2) is 0 Å². The van der Waals surface area contributed by atoms with Gasteiger partial charge in [0.05, 0.1) is 21.8 Å². The Morgan fingerprint density at radius 2 is 1.43 bits per heavy atom. The van der Waals surface area contributed by atoms with Gasteiger partial charge in [-0.15, -0.1) is 0 Å². The number of hydrogen-bond acceptors (Lipinski definition) is 7. The number of nitro benzene ring substituents is 1. The standard InChI is InChI=1S/C18H21N3O7S2/c1-14-3-4-15(21(22)23)13-18(14)30(26,27)20-11-9-19(10-12-20)29(24,25)17-7-5-16(28-2)6-8-17/h3-8,13H,9-12H2,1-2H3. The molecule has 0 aromatic heterocycles. The number of nitrogens with zero attached hydrogens (tertiary/aromatic N) is 3. The summed E-state index contributed by atoms with van der Waals surface area (Å²) < 4.78 is 59.1. The van der Waals surface area contributed by atoms with E-state index < -0.39 is 25.0 Å². The first-order valence-electron chi connectivity index (χ1n) is 8.97. The molecule has 0 bridgehead atoms. The van der Waals surface area contributed by atoms with E-state index in [9.17, 15) is 26.9 Å². The van der Waals surface area contributed by atoms with Gasteiger partial charge in [0.25, 0.3) is 5.69 Å². The van der Waals surface area contributed by atoms with Crippen molar-refractivity contribution < 1.29 is 26.5 Å². The highest BCUT2D eigenvalue weighted by Gasteiger charge is 2.35. The third kappa shape index (κ3) is 4.17. The van der Waals surface area contributed by atoms with E-state index in [4.69, 9.17) is 4.74 Å². The lowest BCUT2D eigenvalue weighted by molar-refractivity contribution is -0.385. The second kappa shape index (κ2) is 8.30. The number of benzene rings is 2. The van der Waals surface area contributed by atoms with Crippen LogP contribution in [0.2, 0.25) is 0 Å². The highest BCUT2D eigenvalue weighted by Crippen LogP contribution is 2.27. The van der Waals surface area contributed by atoms with Crippen molar-refractivity contribution in [1.82, 2.24) is 8.61 Å². The third-order valence-electron chi connectivity index (χ3n) is 4.90. The molecule has 3 rings (SSSR count). The SMILES string of the molecule is COc1ccc(S(=O)(=O)N2CCN(S(=O)(=O)c3cc([N+](=O)[O-])ccc3C)CC2)cc1. The van der Waals surface area contributed by atoms with E-state index in [2.05, 4.69) is 0 Å². The molecule has 0 saturated carbocycles. The second-order valence-electron chi connectivity index (χ2n) is 6.69. The zero-order valence-electron chi connectivity index (χ0n) is 16.4. The van der Waals surface area contributed by atoms with Crippen molar-refractivity contribution in [1.29, 1.82) is 0 Å². The largest absolute Gasteiger partial charge is 0.497 e. The van der Waals surface area contributed by atoms with Gasteiger partial charge in [-0.3, -0.25) is 10.1 Å². The molecule has 0 atom stereocenters. The first kappa shape index (κ1) is 22.2. The molecule has 0 aliphatic carbocycles. The van der Waals surface area contributed by atoms with Gasteiger partial charge in [-0.25, -0.2) is 16.8 Å². The Morgan fingerprint density at radius 3 is 1.93 bits per heavy atom. The Morgan fingerprint density at radius 1 is 0.900 bits per heavy atom. The van der Waals surface area contributed by atoms with E-state index in [0.717, 1.165) is 10.4 Å². The van der Waals surface area contributed by atoms with Gasteiger partial charge in [-0.2, -0.15) is 8.61 Å². The predicted molar refractivity (Wildman–Crippen MR) is 108 cm³/mol. The number of nitro groups is 1. The smallest absolute Gasteiger partial charge is 0.270 e. The minimum atomic E-state index is -4.00. The molecule has 0 N–H and O–H groups in total. The number of methoxy groups -OCH3 is 1. The molecule has 30 heavy (non-hydrogen) atoms. The van der Waals surface area contributed by atoms with Crippen molar-refractivity contribution in [2.45, 2.75) is 16.7 Å². The Labute approximate surface area is 174 Å². The summed E-state index contributed by atoms with van der Waals surface area (Å²) in [4.78, 5) is 10.3. The number of aryl methyl sites for hydroxylation is 1. The third-order valence-corrected chi connectivity index (χ3v) is 8.85. The van der Waals surface area contributed by atoms with Crippen molar-refractivity contribution in [3.8, 4) is 5.75 Å². The summed E-state index contributed by atoms with van der Waals surface area (Å²) in [5.74, 6) is 0.525. The van der Waals surface area contributed by atoms with Gasteiger partial charge in [-0.1, -0.05) is 6.07 Å². The number of rotatable bonds is 6. The average Bonchev–Trinajstić information content (AvgIpc) is 2.73. The number of ether oxygens (including phenoxy) is 1. The van der Waals surface area contributed by atoms with Crippen molar-refractivity contribution >= 4 is 25.7 Å². The summed E-state index contributed by atoms with van der Waals surface area (Å²) in [7, 11) is -6.30. The van der Waals surface area contributed by atoms with Crippen LogP contribution >= 0.6 is 0 Å². The van der Waals surface area contributed by atoms with Crippen molar-refractivity contribution in [2.75, 3.05) is 33.3 Å². The fourth-order valence-corrected chi connectivity index (χ4v) is 6.26.